The molecule has 11 heteroatoms. The highest BCUT2D eigenvalue weighted by Gasteiger charge is 2.28. The largest absolute Gasteiger partial charge is 0.396 e. The zero-order valence-electron chi connectivity index (χ0n) is 20.5. The second-order valence-electron chi connectivity index (χ2n) is 9.42. The van der Waals surface area contributed by atoms with Crippen LogP contribution in [0.5, 0.6) is 0 Å². The molecule has 4 heterocycles. The van der Waals surface area contributed by atoms with E-state index in [0.29, 0.717) is 24.9 Å². The second kappa shape index (κ2) is 11.0. The molecular formula is C25H32N8O2S. The van der Waals surface area contributed by atoms with Crippen LogP contribution in [0.1, 0.15) is 36.3 Å². The van der Waals surface area contributed by atoms with Crippen LogP contribution in [0.3, 0.4) is 0 Å². The number of nitrogen functional groups attached to an aromatic ring is 2. The maximum atomic E-state index is 12.2. The summed E-state index contributed by atoms with van der Waals surface area (Å²) in [5.74, 6) is -0.181. The molecular weight excluding hydrogens is 476 g/mol. The van der Waals surface area contributed by atoms with E-state index in [0.717, 1.165) is 24.6 Å². The van der Waals surface area contributed by atoms with Crippen LogP contribution in [0.15, 0.2) is 30.5 Å². The Morgan fingerprint density at radius 3 is 2.64 bits per heavy atom. The van der Waals surface area contributed by atoms with E-state index >= 15 is 0 Å². The Kier molecular flexibility index (Phi) is 7.80. The lowest BCUT2D eigenvalue weighted by Crippen LogP contribution is -2.44. The Hall–Kier alpha value is -3.57. The van der Waals surface area contributed by atoms with E-state index in [9.17, 15) is 9.59 Å². The number of thiazole rings is 1. The Labute approximate surface area is 214 Å². The first-order valence-electron chi connectivity index (χ1n) is 12.0. The number of benzene rings is 1. The zero-order valence-corrected chi connectivity index (χ0v) is 21.3. The number of amides is 2. The summed E-state index contributed by atoms with van der Waals surface area (Å²) in [6.45, 7) is 5.54. The smallest absolute Gasteiger partial charge is 0.314 e. The lowest BCUT2D eigenvalue weighted by Gasteiger charge is -2.34. The fourth-order valence-electron chi connectivity index (χ4n) is 4.42. The predicted molar refractivity (Wildman–Crippen MR) is 144 cm³/mol. The number of nitrogens with one attached hydrogen (secondary N) is 2. The monoisotopic (exact) mass is 508 g/mol. The van der Waals surface area contributed by atoms with Crippen molar-refractivity contribution in [2.75, 3.05) is 50.0 Å². The molecule has 1 aromatic carbocycles. The van der Waals surface area contributed by atoms with Gasteiger partial charge in [-0.1, -0.05) is 19.1 Å². The third kappa shape index (κ3) is 5.63. The Balaban J connectivity index is 0.000000185. The average molecular weight is 509 g/mol. The molecule has 1 unspecified atom stereocenters. The van der Waals surface area contributed by atoms with Crippen LogP contribution in [0.2, 0.25) is 0 Å². The van der Waals surface area contributed by atoms with Gasteiger partial charge in [0.05, 0.1) is 38.4 Å². The fraction of sp³-hybridized carbons (Fsp3) is 0.400. The van der Waals surface area contributed by atoms with E-state index in [1.807, 2.05) is 11.3 Å². The summed E-state index contributed by atoms with van der Waals surface area (Å²) >= 11 is 1.85. The molecule has 2 saturated heterocycles. The summed E-state index contributed by atoms with van der Waals surface area (Å²) in [6.07, 6.45) is 4.19. The molecule has 3 aromatic rings. The summed E-state index contributed by atoms with van der Waals surface area (Å²) in [7, 11) is 2.16. The van der Waals surface area contributed by atoms with E-state index in [4.69, 9.17) is 16.9 Å². The molecule has 2 amide bonds. The van der Waals surface area contributed by atoms with Crippen LogP contribution >= 0.6 is 11.3 Å². The van der Waals surface area contributed by atoms with Gasteiger partial charge in [-0.25, -0.2) is 9.97 Å². The number of carbonyl (C=O) groups excluding carboxylic acids is 2. The van der Waals surface area contributed by atoms with Crippen LogP contribution < -0.4 is 16.8 Å². The minimum absolute atomic E-state index is 0.0988. The number of likely N-dealkylation sites (tertiary alicyclic amines) is 2. The molecule has 36 heavy (non-hydrogen) atoms. The standard InChI is InChI=1S/C14H20N6O2.C11H12N2S/c1-8-3-2-4-20(7-8)14(22)13(21)19-10-6-18-12(17)9(5-15)11(10)16;1-13-6-8(7-13)11-12-9-4-2-3-5-10(9)14-11/h5-6,8,15H,2-4,7H2,1H3,(H,19,21)(H4,16,17,18);2-5,8H,6-7H2,1H3. The van der Waals surface area contributed by atoms with E-state index in [-0.39, 0.29) is 22.8 Å². The van der Waals surface area contributed by atoms with Crippen molar-refractivity contribution in [2.45, 2.75) is 25.7 Å². The number of nitrogens with zero attached hydrogens (tertiary/aromatic N) is 4. The molecule has 6 N–H and O–H groups in total. The number of fused-ring (bicyclic) bond motifs is 1. The highest BCUT2D eigenvalue weighted by Crippen LogP contribution is 2.32. The number of para-hydroxylation sites is 1. The topological polar surface area (TPSA) is 154 Å². The SMILES string of the molecule is CC1CCCN(C(=O)C(=O)Nc2cnc(N)c(C=N)c2N)C1.CN1CC(c2nc3ccccc3s2)C1. The third-order valence-electron chi connectivity index (χ3n) is 6.44. The molecule has 1 atom stereocenters. The first kappa shape index (κ1) is 25.5. The number of pyridine rings is 1. The zero-order chi connectivity index (χ0) is 25.8. The van der Waals surface area contributed by atoms with Gasteiger partial charge in [-0.05, 0) is 37.9 Å². The molecule has 0 aliphatic carbocycles. The van der Waals surface area contributed by atoms with Crippen molar-refractivity contribution in [3.05, 3.63) is 41.0 Å². The van der Waals surface area contributed by atoms with Crippen molar-refractivity contribution in [1.82, 2.24) is 19.8 Å². The van der Waals surface area contributed by atoms with Crippen molar-refractivity contribution in [3.8, 4) is 0 Å². The number of hydrogen-bond donors (Lipinski definition) is 4. The lowest BCUT2D eigenvalue weighted by molar-refractivity contribution is -0.144. The third-order valence-corrected chi connectivity index (χ3v) is 7.64. The van der Waals surface area contributed by atoms with Crippen LogP contribution in [0.25, 0.3) is 10.2 Å². The lowest BCUT2D eigenvalue weighted by atomic mass is 10.0. The van der Waals surface area contributed by atoms with Gasteiger partial charge in [0.25, 0.3) is 0 Å². The first-order chi connectivity index (χ1) is 17.3. The van der Waals surface area contributed by atoms with Gasteiger partial charge in [-0.2, -0.15) is 0 Å². The molecule has 2 aliphatic heterocycles. The minimum Gasteiger partial charge on any atom is -0.396 e. The molecule has 0 radical (unpaired) electrons. The van der Waals surface area contributed by atoms with Crippen LogP contribution in [0, 0.1) is 11.3 Å². The number of aromatic nitrogens is 2. The molecule has 0 saturated carbocycles. The van der Waals surface area contributed by atoms with Gasteiger partial charge in [0.1, 0.15) is 5.82 Å². The Morgan fingerprint density at radius 2 is 1.97 bits per heavy atom. The van der Waals surface area contributed by atoms with Crippen molar-refractivity contribution in [3.63, 3.8) is 0 Å². The van der Waals surface area contributed by atoms with Gasteiger partial charge >= 0.3 is 11.8 Å². The van der Waals surface area contributed by atoms with E-state index in [2.05, 4.69) is 58.4 Å². The van der Waals surface area contributed by atoms with Gasteiger partial charge in [-0.3, -0.25) is 9.59 Å². The number of carbonyl (C=O) groups is 2. The van der Waals surface area contributed by atoms with E-state index in [1.54, 1.807) is 4.90 Å². The summed E-state index contributed by atoms with van der Waals surface area (Å²) in [5, 5.41) is 11.0. The number of likely N-dealkylation sites (N-methyl/N-ethyl adjacent to an activating group) is 1. The molecule has 5 rings (SSSR count). The molecule has 0 bridgehead atoms. The van der Waals surface area contributed by atoms with E-state index < -0.39 is 11.8 Å². The molecule has 2 fully saturated rings. The van der Waals surface area contributed by atoms with Crippen LogP contribution in [-0.2, 0) is 9.59 Å². The van der Waals surface area contributed by atoms with Gasteiger partial charge in [0, 0.05) is 38.3 Å². The quantitative estimate of drug-likeness (QED) is 0.313. The summed E-state index contributed by atoms with van der Waals surface area (Å²) in [4.78, 5) is 36.6. The summed E-state index contributed by atoms with van der Waals surface area (Å²) < 4.78 is 1.32. The number of piperidine rings is 1. The van der Waals surface area contributed by atoms with Gasteiger partial charge < -0.3 is 32.0 Å². The fourth-order valence-corrected chi connectivity index (χ4v) is 5.47. The molecule has 190 valence electrons. The predicted octanol–water partition coefficient (Wildman–Crippen LogP) is 2.77. The highest BCUT2D eigenvalue weighted by molar-refractivity contribution is 7.18. The Morgan fingerprint density at radius 1 is 1.22 bits per heavy atom. The second-order valence-corrected chi connectivity index (χ2v) is 10.5. The van der Waals surface area contributed by atoms with Crippen molar-refractivity contribution >= 4 is 56.8 Å². The molecule has 0 spiro atoms. The number of anilines is 3. The normalized spacial score (nSPS) is 18.2. The number of nitrogens with two attached hydrogens (primary N) is 2. The van der Waals surface area contributed by atoms with Crippen LogP contribution in [-0.4, -0.2) is 71.0 Å². The van der Waals surface area contributed by atoms with E-state index in [1.165, 1.54) is 29.0 Å². The maximum absolute atomic E-state index is 12.2. The molecule has 10 nitrogen and oxygen atoms in total. The summed E-state index contributed by atoms with van der Waals surface area (Å²) in [5.41, 5.74) is 13.1. The molecule has 2 aliphatic rings. The summed E-state index contributed by atoms with van der Waals surface area (Å²) in [6, 6.07) is 8.38. The highest BCUT2D eigenvalue weighted by atomic mass is 32.1. The van der Waals surface area contributed by atoms with Crippen molar-refractivity contribution < 1.29 is 9.59 Å². The minimum atomic E-state index is -0.761. The van der Waals surface area contributed by atoms with Crippen molar-refractivity contribution in [2.24, 2.45) is 5.92 Å². The average Bonchev–Trinajstić information content (AvgIpc) is 3.28. The number of rotatable bonds is 3. The van der Waals surface area contributed by atoms with Gasteiger partial charge in [0.15, 0.2) is 0 Å². The first-order valence-corrected chi connectivity index (χ1v) is 12.8. The van der Waals surface area contributed by atoms with Crippen molar-refractivity contribution in [1.29, 1.82) is 5.41 Å². The van der Waals surface area contributed by atoms with Gasteiger partial charge in [0.2, 0.25) is 0 Å². The molecule has 2 aromatic heterocycles. The van der Waals surface area contributed by atoms with Gasteiger partial charge in [-0.15, -0.1) is 11.3 Å². The van der Waals surface area contributed by atoms with Crippen LogP contribution in [0.4, 0.5) is 17.2 Å². The Bertz CT molecular complexity index is 1240. The maximum Gasteiger partial charge on any atom is 0.314 e. The number of hydrogen-bond acceptors (Lipinski definition) is 9.